The van der Waals surface area contributed by atoms with Crippen LogP contribution in [0.5, 0.6) is 0 Å². The Morgan fingerprint density at radius 3 is 2.38 bits per heavy atom. The highest BCUT2D eigenvalue weighted by Crippen LogP contribution is 2.20. The number of anilines is 2. The number of hydrogen-bond acceptors (Lipinski definition) is 4. The molecule has 1 saturated heterocycles. The van der Waals surface area contributed by atoms with Crippen LogP contribution in [-0.2, 0) is 14.3 Å². The molecule has 0 saturated carbocycles. The first kappa shape index (κ1) is 20.9. The summed E-state index contributed by atoms with van der Waals surface area (Å²) < 4.78 is 5.37. The van der Waals surface area contributed by atoms with E-state index in [-0.39, 0.29) is 24.3 Å². The molecule has 6 nitrogen and oxygen atoms in total. The van der Waals surface area contributed by atoms with Crippen molar-refractivity contribution >= 4 is 23.2 Å². The molecule has 0 aromatic heterocycles. The molecule has 1 N–H and O–H groups in total. The third-order valence-corrected chi connectivity index (χ3v) is 5.18. The van der Waals surface area contributed by atoms with Gasteiger partial charge in [0.15, 0.2) is 0 Å². The van der Waals surface area contributed by atoms with Crippen LogP contribution in [0.3, 0.4) is 0 Å². The van der Waals surface area contributed by atoms with Crippen molar-refractivity contribution in [1.82, 2.24) is 4.90 Å². The second-order valence-corrected chi connectivity index (χ2v) is 7.46. The summed E-state index contributed by atoms with van der Waals surface area (Å²) in [6.45, 7) is 5.28. The van der Waals surface area contributed by atoms with Gasteiger partial charge in [0.25, 0.3) is 0 Å². The molecule has 0 aliphatic carbocycles. The van der Waals surface area contributed by atoms with Gasteiger partial charge in [0.1, 0.15) is 0 Å². The van der Waals surface area contributed by atoms with Gasteiger partial charge >= 0.3 is 0 Å². The van der Waals surface area contributed by atoms with Crippen LogP contribution in [-0.4, -0.2) is 56.6 Å². The van der Waals surface area contributed by atoms with Gasteiger partial charge in [-0.1, -0.05) is 37.3 Å². The minimum Gasteiger partial charge on any atom is -0.378 e. The van der Waals surface area contributed by atoms with E-state index >= 15 is 0 Å². The van der Waals surface area contributed by atoms with Crippen molar-refractivity contribution in [2.45, 2.75) is 19.3 Å². The Hall–Kier alpha value is -2.86. The summed E-state index contributed by atoms with van der Waals surface area (Å²) in [7, 11) is 1.67. The molecule has 2 aromatic rings. The molecule has 1 aliphatic heterocycles. The normalized spacial score (nSPS) is 14.9. The number of likely N-dealkylation sites (N-methyl/N-ethyl adjacent to an activating group) is 1. The number of benzene rings is 2. The van der Waals surface area contributed by atoms with Crippen molar-refractivity contribution in [3.05, 3.63) is 60.2 Å². The Morgan fingerprint density at radius 2 is 1.72 bits per heavy atom. The van der Waals surface area contributed by atoms with Crippen molar-refractivity contribution in [2.24, 2.45) is 0 Å². The lowest BCUT2D eigenvalue weighted by Crippen LogP contribution is -2.36. The van der Waals surface area contributed by atoms with Gasteiger partial charge in [-0.2, -0.15) is 0 Å². The highest BCUT2D eigenvalue weighted by Gasteiger charge is 2.17. The van der Waals surface area contributed by atoms with E-state index in [0.717, 1.165) is 43.2 Å². The Balaban J connectivity index is 1.47. The smallest absolute Gasteiger partial charge is 0.243 e. The summed E-state index contributed by atoms with van der Waals surface area (Å²) >= 11 is 0. The quantitative estimate of drug-likeness (QED) is 0.783. The summed E-state index contributed by atoms with van der Waals surface area (Å²) in [4.78, 5) is 28.5. The molecule has 0 spiro atoms. The van der Waals surface area contributed by atoms with Gasteiger partial charge in [-0.05, 0) is 35.7 Å². The molecule has 1 atom stereocenters. The van der Waals surface area contributed by atoms with Crippen LogP contribution in [0, 0.1) is 0 Å². The fourth-order valence-corrected chi connectivity index (χ4v) is 3.40. The first-order chi connectivity index (χ1) is 14.0. The summed E-state index contributed by atoms with van der Waals surface area (Å²) in [6, 6.07) is 17.7. The Morgan fingerprint density at radius 1 is 1.07 bits per heavy atom. The minimum atomic E-state index is -0.202. The van der Waals surface area contributed by atoms with Crippen LogP contribution in [0.4, 0.5) is 11.4 Å². The first-order valence-electron chi connectivity index (χ1n) is 10.0. The molecule has 0 unspecified atom stereocenters. The van der Waals surface area contributed by atoms with E-state index in [4.69, 9.17) is 4.74 Å². The first-order valence-corrected chi connectivity index (χ1v) is 10.0. The standard InChI is InChI=1S/C23H29N3O3/c1-18(19-6-4-3-5-7-19)16-23(28)25(2)17-22(27)24-20-8-10-21(11-9-20)26-12-14-29-15-13-26/h3-11,18H,12-17H2,1-2H3,(H,24,27)/t18-/m1/s1. The highest BCUT2D eigenvalue weighted by molar-refractivity contribution is 5.94. The van der Waals surface area contributed by atoms with E-state index in [0.29, 0.717) is 6.42 Å². The van der Waals surface area contributed by atoms with E-state index in [1.165, 1.54) is 4.90 Å². The van der Waals surface area contributed by atoms with Gasteiger partial charge in [-0.15, -0.1) is 0 Å². The molecule has 154 valence electrons. The zero-order valence-electron chi connectivity index (χ0n) is 17.1. The van der Waals surface area contributed by atoms with Crippen LogP contribution >= 0.6 is 0 Å². The van der Waals surface area contributed by atoms with Crippen molar-refractivity contribution < 1.29 is 14.3 Å². The monoisotopic (exact) mass is 395 g/mol. The number of morpholine rings is 1. The minimum absolute atomic E-state index is 0.0333. The van der Waals surface area contributed by atoms with Crippen molar-refractivity contribution in [3.8, 4) is 0 Å². The maximum absolute atomic E-state index is 12.5. The predicted molar refractivity (Wildman–Crippen MR) is 115 cm³/mol. The fourth-order valence-electron chi connectivity index (χ4n) is 3.40. The molecular formula is C23H29N3O3. The summed E-state index contributed by atoms with van der Waals surface area (Å²) in [5.74, 6) is -0.131. The second kappa shape index (κ2) is 10.1. The van der Waals surface area contributed by atoms with Crippen LogP contribution in [0.1, 0.15) is 24.8 Å². The lowest BCUT2D eigenvalue weighted by Gasteiger charge is -2.28. The number of hydrogen-bond donors (Lipinski definition) is 1. The van der Waals surface area contributed by atoms with E-state index in [9.17, 15) is 9.59 Å². The van der Waals surface area contributed by atoms with Crippen LogP contribution in [0.15, 0.2) is 54.6 Å². The SMILES string of the molecule is C[C@H](CC(=O)N(C)CC(=O)Nc1ccc(N2CCOCC2)cc1)c1ccccc1. The molecule has 1 heterocycles. The van der Waals surface area contributed by atoms with E-state index < -0.39 is 0 Å². The average molecular weight is 396 g/mol. The molecule has 0 radical (unpaired) electrons. The third-order valence-electron chi connectivity index (χ3n) is 5.18. The van der Waals surface area contributed by atoms with E-state index in [2.05, 4.69) is 10.2 Å². The van der Waals surface area contributed by atoms with E-state index in [1.54, 1.807) is 7.05 Å². The Kier molecular flexibility index (Phi) is 7.25. The maximum Gasteiger partial charge on any atom is 0.243 e. The van der Waals surface area contributed by atoms with Crippen LogP contribution in [0.25, 0.3) is 0 Å². The van der Waals surface area contributed by atoms with Crippen molar-refractivity contribution in [2.75, 3.05) is 50.1 Å². The molecule has 2 amide bonds. The number of carbonyl (C=O) groups excluding carboxylic acids is 2. The molecular weight excluding hydrogens is 366 g/mol. The maximum atomic E-state index is 12.5. The molecule has 1 fully saturated rings. The van der Waals surface area contributed by atoms with Crippen LogP contribution in [0.2, 0.25) is 0 Å². The number of carbonyl (C=O) groups is 2. The molecule has 0 bridgehead atoms. The summed E-state index contributed by atoms with van der Waals surface area (Å²) in [5.41, 5.74) is 2.97. The molecule has 29 heavy (non-hydrogen) atoms. The lowest BCUT2D eigenvalue weighted by molar-refractivity contribution is -0.133. The summed E-state index contributed by atoms with van der Waals surface area (Å²) in [6.07, 6.45) is 0.377. The van der Waals surface area contributed by atoms with Gasteiger partial charge < -0.3 is 19.9 Å². The number of rotatable bonds is 7. The number of nitrogens with one attached hydrogen (secondary N) is 1. The molecule has 2 aromatic carbocycles. The largest absolute Gasteiger partial charge is 0.378 e. The van der Waals surface area contributed by atoms with Crippen molar-refractivity contribution in [1.29, 1.82) is 0 Å². The van der Waals surface area contributed by atoms with Gasteiger partial charge in [0.05, 0.1) is 19.8 Å². The Labute approximate surface area is 172 Å². The molecule has 6 heteroatoms. The van der Waals surface area contributed by atoms with Gasteiger partial charge in [-0.25, -0.2) is 0 Å². The van der Waals surface area contributed by atoms with Gasteiger partial charge in [0, 0.05) is 37.9 Å². The predicted octanol–water partition coefficient (Wildman–Crippen LogP) is 3.11. The zero-order valence-corrected chi connectivity index (χ0v) is 17.1. The highest BCUT2D eigenvalue weighted by atomic mass is 16.5. The average Bonchev–Trinajstić information content (AvgIpc) is 2.75. The molecule has 1 aliphatic rings. The third kappa shape index (κ3) is 6.06. The lowest BCUT2D eigenvalue weighted by atomic mass is 9.97. The summed E-state index contributed by atoms with van der Waals surface area (Å²) in [5, 5.41) is 2.87. The van der Waals surface area contributed by atoms with E-state index in [1.807, 2.05) is 61.5 Å². The Bertz CT molecular complexity index is 802. The van der Waals surface area contributed by atoms with Gasteiger partial charge in [-0.3, -0.25) is 9.59 Å². The topological polar surface area (TPSA) is 61.9 Å². The van der Waals surface area contributed by atoms with Gasteiger partial charge in [0.2, 0.25) is 11.8 Å². The number of nitrogens with zero attached hydrogens (tertiary/aromatic N) is 2. The van der Waals surface area contributed by atoms with Crippen molar-refractivity contribution in [3.63, 3.8) is 0 Å². The fraction of sp³-hybridized carbons (Fsp3) is 0.391. The zero-order chi connectivity index (χ0) is 20.6. The number of ether oxygens (including phenoxy) is 1. The second-order valence-electron chi connectivity index (χ2n) is 7.46. The number of amides is 2. The molecule has 3 rings (SSSR count). The van der Waals surface area contributed by atoms with Crippen LogP contribution < -0.4 is 10.2 Å².